The number of hydrogen-bond acceptors (Lipinski definition) is 3. The first kappa shape index (κ1) is 15.2. The lowest BCUT2D eigenvalue weighted by atomic mass is 10.1. The number of carbonyl (C=O) groups is 2. The summed E-state index contributed by atoms with van der Waals surface area (Å²) in [6.07, 6.45) is 1.68. The molecule has 0 aliphatic carbocycles. The average molecular weight is 335 g/mol. The maximum absolute atomic E-state index is 12.5. The molecule has 1 saturated heterocycles. The molecule has 0 spiro atoms. The second kappa shape index (κ2) is 5.94. The molecule has 2 heterocycles. The topological polar surface area (TPSA) is 90.1 Å². The molecule has 2 aromatic carbocycles. The average Bonchev–Trinajstić information content (AvgIpc) is 3.24. The van der Waals surface area contributed by atoms with Crippen LogP contribution in [0.1, 0.15) is 15.9 Å². The molecule has 0 unspecified atom stereocenters. The number of benzene rings is 2. The summed E-state index contributed by atoms with van der Waals surface area (Å²) in [5.74, 6) is -0.205. The van der Waals surface area contributed by atoms with Crippen molar-refractivity contribution < 1.29 is 9.59 Å². The Bertz CT molecular complexity index is 979. The van der Waals surface area contributed by atoms with Crippen LogP contribution in [0.2, 0.25) is 0 Å². The maximum atomic E-state index is 12.5. The van der Waals surface area contributed by atoms with Gasteiger partial charge in [0, 0.05) is 29.7 Å². The van der Waals surface area contributed by atoms with Gasteiger partial charge in [0.15, 0.2) is 0 Å². The molecule has 1 fully saturated rings. The number of nitrogens with zero attached hydrogens (tertiary/aromatic N) is 2. The third kappa shape index (κ3) is 2.80. The summed E-state index contributed by atoms with van der Waals surface area (Å²) in [7, 11) is 0. The maximum Gasteiger partial charge on any atom is 0.322 e. The van der Waals surface area contributed by atoms with Gasteiger partial charge in [-0.2, -0.15) is 5.10 Å². The van der Waals surface area contributed by atoms with Gasteiger partial charge < -0.3 is 10.6 Å². The molecule has 0 bridgehead atoms. The van der Waals surface area contributed by atoms with E-state index in [4.69, 9.17) is 0 Å². The second-order valence-corrected chi connectivity index (χ2v) is 6.01. The largest absolute Gasteiger partial charge is 0.336 e. The molecule has 0 atom stereocenters. The zero-order valence-electron chi connectivity index (χ0n) is 13.7. The number of aromatic amines is 1. The summed E-state index contributed by atoms with van der Waals surface area (Å²) in [4.78, 5) is 26.1. The molecule has 1 aliphatic heterocycles. The summed E-state index contributed by atoms with van der Waals surface area (Å²) < 4.78 is 0. The van der Waals surface area contributed by atoms with E-state index in [1.165, 1.54) is 0 Å². The monoisotopic (exact) mass is 335 g/mol. The van der Waals surface area contributed by atoms with Gasteiger partial charge in [0.1, 0.15) is 0 Å². The quantitative estimate of drug-likeness (QED) is 0.687. The molecule has 1 aliphatic rings. The summed E-state index contributed by atoms with van der Waals surface area (Å²) in [5.41, 5.74) is 3.87. The van der Waals surface area contributed by atoms with Crippen LogP contribution >= 0.6 is 0 Å². The van der Waals surface area contributed by atoms with E-state index in [1.807, 2.05) is 31.2 Å². The highest BCUT2D eigenvalue weighted by Gasteiger charge is 2.23. The molecule has 3 N–H and O–H groups in total. The molecular weight excluding hydrogens is 318 g/mol. The fourth-order valence-corrected chi connectivity index (χ4v) is 2.97. The molecule has 7 nitrogen and oxygen atoms in total. The third-order valence-electron chi connectivity index (χ3n) is 4.32. The van der Waals surface area contributed by atoms with Gasteiger partial charge in [-0.1, -0.05) is 6.07 Å². The van der Waals surface area contributed by atoms with E-state index in [0.29, 0.717) is 24.3 Å². The normalized spacial score (nSPS) is 14.0. The Balaban J connectivity index is 1.59. The van der Waals surface area contributed by atoms with Crippen LogP contribution in [0.4, 0.5) is 16.2 Å². The minimum atomic E-state index is -0.205. The number of rotatable bonds is 3. The molecular formula is C18H17N5O2. The summed E-state index contributed by atoms with van der Waals surface area (Å²) >= 11 is 0. The molecule has 3 aromatic rings. The van der Waals surface area contributed by atoms with Crippen LogP contribution in [0.25, 0.3) is 10.9 Å². The summed E-state index contributed by atoms with van der Waals surface area (Å²) in [6.45, 7) is 3.19. The van der Waals surface area contributed by atoms with E-state index in [0.717, 1.165) is 22.2 Å². The van der Waals surface area contributed by atoms with Gasteiger partial charge in [0.05, 0.1) is 17.4 Å². The highest BCUT2D eigenvalue weighted by Crippen LogP contribution is 2.26. The highest BCUT2D eigenvalue weighted by molar-refractivity contribution is 6.06. The van der Waals surface area contributed by atoms with Crippen molar-refractivity contribution >= 4 is 34.2 Å². The lowest BCUT2D eigenvalue weighted by Crippen LogP contribution is -2.28. The van der Waals surface area contributed by atoms with Gasteiger partial charge >= 0.3 is 6.03 Å². The van der Waals surface area contributed by atoms with Gasteiger partial charge in [0.2, 0.25) is 0 Å². The van der Waals surface area contributed by atoms with E-state index < -0.39 is 0 Å². The van der Waals surface area contributed by atoms with E-state index in [2.05, 4.69) is 20.8 Å². The summed E-state index contributed by atoms with van der Waals surface area (Å²) in [6, 6.07) is 10.8. The van der Waals surface area contributed by atoms with Gasteiger partial charge in [-0.15, -0.1) is 0 Å². The number of fused-ring (bicyclic) bond motifs is 1. The van der Waals surface area contributed by atoms with E-state index in [1.54, 1.807) is 23.2 Å². The van der Waals surface area contributed by atoms with Gasteiger partial charge in [0.25, 0.3) is 5.91 Å². The van der Waals surface area contributed by atoms with Crippen molar-refractivity contribution in [2.75, 3.05) is 23.3 Å². The van der Waals surface area contributed by atoms with Crippen molar-refractivity contribution in [3.8, 4) is 0 Å². The molecule has 4 rings (SSSR count). The van der Waals surface area contributed by atoms with Crippen LogP contribution in [0.3, 0.4) is 0 Å². The van der Waals surface area contributed by atoms with Crippen molar-refractivity contribution in [2.45, 2.75) is 6.92 Å². The highest BCUT2D eigenvalue weighted by atomic mass is 16.2. The van der Waals surface area contributed by atoms with E-state index in [-0.39, 0.29) is 11.9 Å². The minimum absolute atomic E-state index is 0.114. The molecule has 3 amide bonds. The third-order valence-corrected chi connectivity index (χ3v) is 4.32. The number of hydrogen-bond donors (Lipinski definition) is 3. The number of H-pyrrole nitrogens is 1. The predicted molar refractivity (Wildman–Crippen MR) is 96.0 cm³/mol. The molecule has 1 aromatic heterocycles. The Morgan fingerprint density at radius 3 is 2.92 bits per heavy atom. The molecule has 7 heteroatoms. The van der Waals surface area contributed by atoms with E-state index in [9.17, 15) is 9.59 Å². The van der Waals surface area contributed by atoms with Crippen molar-refractivity contribution in [1.82, 2.24) is 15.5 Å². The lowest BCUT2D eigenvalue weighted by molar-refractivity contribution is 0.102. The number of aromatic nitrogens is 2. The summed E-state index contributed by atoms with van der Waals surface area (Å²) in [5, 5.41) is 13.4. The van der Waals surface area contributed by atoms with Crippen molar-refractivity contribution in [1.29, 1.82) is 0 Å². The second-order valence-electron chi connectivity index (χ2n) is 6.01. The zero-order valence-corrected chi connectivity index (χ0v) is 13.7. The van der Waals surface area contributed by atoms with Gasteiger partial charge in [-0.3, -0.25) is 14.8 Å². The number of nitrogens with one attached hydrogen (secondary N) is 3. The molecule has 0 radical (unpaired) electrons. The number of anilines is 2. The first-order valence-electron chi connectivity index (χ1n) is 8.02. The molecule has 25 heavy (non-hydrogen) atoms. The van der Waals surface area contributed by atoms with Crippen LogP contribution in [0, 0.1) is 6.92 Å². The molecule has 126 valence electrons. The Labute approximate surface area is 144 Å². The zero-order chi connectivity index (χ0) is 17.4. The smallest absolute Gasteiger partial charge is 0.322 e. The Morgan fingerprint density at radius 1 is 1.24 bits per heavy atom. The Kier molecular flexibility index (Phi) is 3.61. The van der Waals surface area contributed by atoms with Crippen LogP contribution < -0.4 is 15.5 Å². The van der Waals surface area contributed by atoms with Gasteiger partial charge in [-0.05, 0) is 42.8 Å². The predicted octanol–water partition coefficient (Wildman–Crippen LogP) is 2.65. The van der Waals surface area contributed by atoms with Crippen LogP contribution in [0.5, 0.6) is 0 Å². The Morgan fingerprint density at radius 2 is 2.12 bits per heavy atom. The number of urea groups is 1. The van der Waals surface area contributed by atoms with Crippen molar-refractivity contribution in [3.05, 3.63) is 53.7 Å². The Hall–Kier alpha value is -3.35. The van der Waals surface area contributed by atoms with Crippen LogP contribution in [-0.4, -0.2) is 35.2 Å². The van der Waals surface area contributed by atoms with Crippen molar-refractivity contribution in [3.63, 3.8) is 0 Å². The minimum Gasteiger partial charge on any atom is -0.336 e. The lowest BCUT2D eigenvalue weighted by Gasteiger charge is -2.18. The van der Waals surface area contributed by atoms with E-state index >= 15 is 0 Å². The first-order valence-corrected chi connectivity index (χ1v) is 8.02. The molecule has 0 saturated carbocycles. The first-order chi connectivity index (χ1) is 12.1. The number of aryl methyl sites for hydroxylation is 1. The standard InChI is InChI=1S/C18H17N5O2/c1-11-2-4-14(9-16(11)23-7-6-19-18(23)25)21-17(24)12-3-5-15-13(8-12)10-20-22-15/h2-5,8-10H,6-7H2,1H3,(H,19,25)(H,20,22)(H,21,24). The number of carbonyl (C=O) groups excluding carboxylic acids is 2. The fourth-order valence-electron chi connectivity index (χ4n) is 2.97. The van der Waals surface area contributed by atoms with Gasteiger partial charge in [-0.25, -0.2) is 4.79 Å². The van der Waals surface area contributed by atoms with Crippen LogP contribution in [0.15, 0.2) is 42.6 Å². The van der Waals surface area contributed by atoms with Crippen molar-refractivity contribution in [2.24, 2.45) is 0 Å². The SMILES string of the molecule is Cc1ccc(NC(=O)c2ccc3[nH]ncc3c2)cc1N1CCNC1=O. The van der Waals surface area contributed by atoms with Crippen LogP contribution in [-0.2, 0) is 0 Å². The number of amides is 3. The fraction of sp³-hybridized carbons (Fsp3) is 0.167.